The van der Waals surface area contributed by atoms with Gasteiger partial charge in [-0.15, -0.1) is 0 Å². The number of nitrogens with zero attached hydrogens (tertiary/aromatic N) is 1. The summed E-state index contributed by atoms with van der Waals surface area (Å²) in [6.07, 6.45) is 3.20. The minimum absolute atomic E-state index is 0.0588. The summed E-state index contributed by atoms with van der Waals surface area (Å²) in [5.74, 6) is -8.77. The summed E-state index contributed by atoms with van der Waals surface area (Å²) in [5.41, 5.74) is 2.34. The van der Waals surface area contributed by atoms with Crippen molar-refractivity contribution in [3.8, 4) is 0 Å². The number of halogens is 6. The third-order valence-electron chi connectivity index (χ3n) is 7.36. The second-order valence-corrected chi connectivity index (χ2v) is 15.0. The number of unbranched alkanes of at least 4 members (excludes halogenated alkanes) is 1. The fraction of sp³-hybridized carbons (Fsp3) is 0.250. The van der Waals surface area contributed by atoms with Crippen LogP contribution in [0, 0.1) is 34.9 Å². The molecule has 1 aliphatic rings. The minimum atomic E-state index is -1.99. The molecule has 0 unspecified atom stereocenters. The zero-order chi connectivity index (χ0) is 29.1. The molecule has 0 N–H and O–H groups in total. The lowest BCUT2D eigenvalue weighted by atomic mass is 10.0. The minimum Gasteiger partial charge on any atom is -0.251 e. The molecule has 9 heteroatoms. The Morgan fingerprint density at radius 1 is 0.659 bits per heavy atom. The molecule has 0 aromatic heterocycles. The van der Waals surface area contributed by atoms with Crippen LogP contribution in [-0.2, 0) is 0 Å². The van der Waals surface area contributed by atoms with Gasteiger partial charge in [-0.3, -0.25) is 4.44 Å². The number of hydrogen-bond donors (Lipinski definition) is 0. The topological polar surface area (TPSA) is 3.24 Å². The van der Waals surface area contributed by atoms with Crippen molar-refractivity contribution in [2.45, 2.75) is 43.9 Å². The van der Waals surface area contributed by atoms with Gasteiger partial charge in [0.15, 0.2) is 34.9 Å². The van der Waals surface area contributed by atoms with E-state index in [4.69, 9.17) is 0 Å². The van der Waals surface area contributed by atoms with Gasteiger partial charge in [0.25, 0.3) is 0 Å². The first-order valence-corrected chi connectivity index (χ1v) is 16.3. The Hall–Kier alpha value is -2.72. The van der Waals surface area contributed by atoms with Gasteiger partial charge in [0, 0.05) is 36.5 Å². The molecule has 0 radical (unpaired) electrons. The molecule has 5 rings (SSSR count). The Kier molecular flexibility index (Phi) is 9.49. The predicted octanol–water partition coefficient (Wildman–Crippen LogP) is 9.64. The van der Waals surface area contributed by atoms with Gasteiger partial charge in [-0.2, -0.15) is 0 Å². The van der Waals surface area contributed by atoms with E-state index in [0.29, 0.717) is 13.0 Å². The molecule has 1 heterocycles. The molecular formula is C32H29F6NP2. The molecule has 0 spiro atoms. The molecule has 0 bridgehead atoms. The van der Waals surface area contributed by atoms with Crippen LogP contribution in [-0.4, -0.2) is 11.0 Å². The average Bonchev–Trinajstić information content (AvgIpc) is 3.42. The van der Waals surface area contributed by atoms with E-state index in [-0.39, 0.29) is 21.9 Å². The third kappa shape index (κ3) is 6.23. The van der Waals surface area contributed by atoms with Crippen LogP contribution in [0.3, 0.4) is 0 Å². The molecule has 1 saturated heterocycles. The van der Waals surface area contributed by atoms with Crippen molar-refractivity contribution in [2.75, 3.05) is 6.54 Å². The maximum atomic E-state index is 14.7. The van der Waals surface area contributed by atoms with Gasteiger partial charge >= 0.3 is 0 Å². The summed E-state index contributed by atoms with van der Waals surface area (Å²) < 4.78 is 89.1. The lowest BCUT2D eigenvalue weighted by molar-refractivity contribution is 0.448. The van der Waals surface area contributed by atoms with Gasteiger partial charge in [0.1, 0.15) is 0 Å². The standard InChI is InChI=1S/C32H29F6NP2/c1-2-3-16-39(41-29(21-10-6-4-7-11-21)14-15-30(41)22-12-8-5-9-13-22)40(23-17-25(33)31(37)26(34)18-23)24-19-27(35)32(38)28(36)20-24/h4-13,17-20,29-30H,2-3,14-16H2,1H3/t29-,30-/m1/s1. The van der Waals surface area contributed by atoms with Crippen LogP contribution in [0.15, 0.2) is 84.9 Å². The molecule has 41 heavy (non-hydrogen) atoms. The van der Waals surface area contributed by atoms with Crippen molar-refractivity contribution >= 4 is 26.8 Å². The van der Waals surface area contributed by atoms with E-state index in [1.807, 2.05) is 43.3 Å². The van der Waals surface area contributed by atoms with E-state index in [2.05, 4.69) is 28.7 Å². The molecule has 214 valence electrons. The summed E-state index contributed by atoms with van der Waals surface area (Å²) in [6.45, 7) is 2.49. The fourth-order valence-corrected chi connectivity index (χ4v) is 13.0. The maximum Gasteiger partial charge on any atom is 0.194 e. The lowest BCUT2D eigenvalue weighted by Gasteiger charge is -2.42. The zero-order valence-electron chi connectivity index (χ0n) is 22.4. The number of hydrogen-bond acceptors (Lipinski definition) is 1. The van der Waals surface area contributed by atoms with Gasteiger partial charge in [-0.1, -0.05) is 74.0 Å². The molecule has 4 aromatic carbocycles. The van der Waals surface area contributed by atoms with Gasteiger partial charge in [0.2, 0.25) is 0 Å². The van der Waals surface area contributed by atoms with Crippen LogP contribution in [0.25, 0.3) is 0 Å². The number of rotatable bonds is 9. The van der Waals surface area contributed by atoms with Gasteiger partial charge < -0.3 is 0 Å². The average molecular weight is 604 g/mol. The van der Waals surface area contributed by atoms with E-state index in [1.54, 1.807) is 0 Å². The van der Waals surface area contributed by atoms with Crippen molar-refractivity contribution < 1.29 is 26.3 Å². The Bertz CT molecular complexity index is 1340. The van der Waals surface area contributed by atoms with E-state index < -0.39 is 51.0 Å². The molecule has 0 amide bonds. The van der Waals surface area contributed by atoms with Crippen LogP contribution in [0.5, 0.6) is 0 Å². The second kappa shape index (κ2) is 13.1. The Morgan fingerprint density at radius 2 is 1.05 bits per heavy atom. The zero-order valence-corrected chi connectivity index (χ0v) is 24.2. The normalized spacial score (nSPS) is 17.6. The van der Waals surface area contributed by atoms with E-state index >= 15 is 0 Å². The van der Waals surface area contributed by atoms with Crippen molar-refractivity contribution in [3.05, 3.63) is 131 Å². The first-order chi connectivity index (χ1) is 19.8. The fourth-order valence-electron chi connectivity index (χ4n) is 5.47. The molecule has 2 atom stereocenters. The largest absolute Gasteiger partial charge is 0.251 e. The smallest absolute Gasteiger partial charge is 0.194 e. The second-order valence-electron chi connectivity index (χ2n) is 10.0. The Labute approximate surface area is 238 Å². The van der Waals surface area contributed by atoms with E-state index in [0.717, 1.165) is 54.7 Å². The molecule has 0 aliphatic carbocycles. The Morgan fingerprint density at radius 3 is 1.41 bits per heavy atom. The first kappa shape index (κ1) is 29.8. The van der Waals surface area contributed by atoms with E-state index in [1.165, 1.54) is 0 Å². The molecule has 4 aromatic rings. The van der Waals surface area contributed by atoms with Crippen molar-refractivity contribution in [3.63, 3.8) is 0 Å². The summed E-state index contributed by atoms with van der Waals surface area (Å²) in [5, 5.41) is 0.150. The Balaban J connectivity index is 1.75. The summed E-state index contributed by atoms with van der Waals surface area (Å²) in [4.78, 5) is 0. The monoisotopic (exact) mass is 603 g/mol. The van der Waals surface area contributed by atoms with Crippen LogP contribution in [0.1, 0.15) is 55.1 Å². The van der Waals surface area contributed by atoms with Crippen LogP contribution in [0.2, 0.25) is 0 Å². The quantitative estimate of drug-likeness (QED) is 0.105. The van der Waals surface area contributed by atoms with Gasteiger partial charge in [0.05, 0.1) is 0 Å². The first-order valence-electron chi connectivity index (χ1n) is 13.5. The van der Waals surface area contributed by atoms with E-state index in [9.17, 15) is 26.3 Å². The third-order valence-corrected chi connectivity index (χ3v) is 13.8. The molecular weight excluding hydrogens is 574 g/mol. The summed E-state index contributed by atoms with van der Waals surface area (Å²) in [7, 11) is -3.15. The molecule has 0 saturated carbocycles. The van der Waals surface area contributed by atoms with Gasteiger partial charge in [-0.05, 0) is 62.7 Å². The predicted molar refractivity (Wildman–Crippen MR) is 155 cm³/mol. The van der Waals surface area contributed by atoms with Gasteiger partial charge in [-0.25, -0.2) is 26.3 Å². The van der Waals surface area contributed by atoms with Crippen LogP contribution < -0.4 is 10.6 Å². The maximum absolute atomic E-state index is 14.7. The highest BCUT2D eigenvalue weighted by molar-refractivity contribution is 7.79. The highest BCUT2D eigenvalue weighted by Gasteiger charge is 2.44. The SMILES string of the molecule is CCCCN(P(c1cc(F)c(F)c(F)c1)c1cc(F)c(F)c(F)c1)P1[C@@H](c2ccccc2)CC[C@@H]1c1ccccc1. The molecule has 1 fully saturated rings. The van der Waals surface area contributed by atoms with Crippen LogP contribution >= 0.6 is 16.1 Å². The van der Waals surface area contributed by atoms with Crippen molar-refractivity contribution in [2.24, 2.45) is 0 Å². The van der Waals surface area contributed by atoms with Crippen molar-refractivity contribution in [1.29, 1.82) is 0 Å². The van der Waals surface area contributed by atoms with Crippen LogP contribution in [0.4, 0.5) is 26.3 Å². The summed E-state index contributed by atoms with van der Waals surface area (Å²) in [6, 6.07) is 23.6. The number of benzene rings is 4. The molecule has 1 aliphatic heterocycles. The van der Waals surface area contributed by atoms with Crippen molar-refractivity contribution in [1.82, 2.24) is 4.44 Å². The molecule has 1 nitrogen and oxygen atoms in total. The summed E-state index contributed by atoms with van der Waals surface area (Å²) >= 11 is 0. The highest BCUT2D eigenvalue weighted by atomic mass is 31.2. The highest BCUT2D eigenvalue weighted by Crippen LogP contribution is 2.76. The lowest BCUT2D eigenvalue weighted by Crippen LogP contribution is -2.29.